The van der Waals surface area contributed by atoms with Crippen molar-refractivity contribution in [2.45, 2.75) is 20.3 Å². The first-order valence-electron chi connectivity index (χ1n) is 8.80. The van der Waals surface area contributed by atoms with Crippen LogP contribution in [0.25, 0.3) is 0 Å². The van der Waals surface area contributed by atoms with Gasteiger partial charge in [-0.15, -0.1) is 0 Å². The van der Waals surface area contributed by atoms with Crippen LogP contribution in [0.4, 0.5) is 5.69 Å². The maximum absolute atomic E-state index is 12.1. The number of nitrogens with zero attached hydrogens (tertiary/aromatic N) is 1. The number of amides is 3. The summed E-state index contributed by atoms with van der Waals surface area (Å²) < 4.78 is 0. The molecule has 0 aliphatic heterocycles. The molecule has 2 N–H and O–H groups in total. The molecule has 6 nitrogen and oxygen atoms in total. The molecule has 3 amide bonds. The van der Waals surface area contributed by atoms with E-state index in [2.05, 4.69) is 10.6 Å². The van der Waals surface area contributed by atoms with E-state index in [4.69, 9.17) is 0 Å². The molecule has 0 heterocycles. The van der Waals surface area contributed by atoms with Crippen LogP contribution in [0.1, 0.15) is 27.9 Å². The van der Waals surface area contributed by atoms with Gasteiger partial charge in [0.05, 0.1) is 6.54 Å². The highest BCUT2D eigenvalue weighted by Gasteiger charge is 2.14. The molecule has 0 saturated heterocycles. The maximum Gasteiger partial charge on any atom is 0.251 e. The third-order valence-corrected chi connectivity index (χ3v) is 4.05. The Morgan fingerprint density at radius 3 is 2.33 bits per heavy atom. The van der Waals surface area contributed by atoms with Crippen LogP contribution in [0, 0.1) is 13.8 Å². The Labute approximate surface area is 159 Å². The van der Waals surface area contributed by atoms with Gasteiger partial charge in [0.25, 0.3) is 5.91 Å². The van der Waals surface area contributed by atoms with Crippen LogP contribution in [0.5, 0.6) is 0 Å². The van der Waals surface area contributed by atoms with Crippen LogP contribution >= 0.6 is 0 Å². The molecule has 0 aliphatic carbocycles. The van der Waals surface area contributed by atoms with Gasteiger partial charge < -0.3 is 15.5 Å². The third kappa shape index (κ3) is 6.58. The summed E-state index contributed by atoms with van der Waals surface area (Å²) in [6.45, 7) is 4.06. The summed E-state index contributed by atoms with van der Waals surface area (Å²) in [5, 5.41) is 5.48. The standard InChI is InChI=1S/C21H25N3O3/c1-15-7-9-18(10-8-15)23-19(25)14-24(3)20(26)11-12-22-21(27)17-6-4-5-16(2)13-17/h4-10,13H,11-12,14H2,1-3H3,(H,22,27)(H,23,25). The number of carbonyl (C=O) groups excluding carboxylic acids is 3. The normalized spacial score (nSPS) is 10.2. The maximum atomic E-state index is 12.1. The molecule has 0 atom stereocenters. The van der Waals surface area contributed by atoms with E-state index >= 15 is 0 Å². The molecule has 0 saturated carbocycles. The Bertz CT molecular complexity index is 816. The second-order valence-electron chi connectivity index (χ2n) is 6.54. The minimum absolute atomic E-state index is 0.0431. The summed E-state index contributed by atoms with van der Waals surface area (Å²) in [6, 6.07) is 14.7. The summed E-state index contributed by atoms with van der Waals surface area (Å²) in [6.07, 6.45) is 0.131. The number of nitrogens with one attached hydrogen (secondary N) is 2. The van der Waals surface area contributed by atoms with Crippen molar-refractivity contribution in [2.75, 3.05) is 25.5 Å². The van der Waals surface area contributed by atoms with Gasteiger partial charge in [-0.2, -0.15) is 0 Å². The van der Waals surface area contributed by atoms with Gasteiger partial charge in [-0.25, -0.2) is 0 Å². The smallest absolute Gasteiger partial charge is 0.251 e. The van der Waals surface area contributed by atoms with Crippen molar-refractivity contribution in [1.29, 1.82) is 0 Å². The zero-order valence-electron chi connectivity index (χ0n) is 15.9. The van der Waals surface area contributed by atoms with Gasteiger partial charge in [0.2, 0.25) is 11.8 Å². The average Bonchev–Trinajstić information content (AvgIpc) is 2.63. The molecule has 142 valence electrons. The molecule has 0 aliphatic rings. The lowest BCUT2D eigenvalue weighted by atomic mass is 10.1. The van der Waals surface area contributed by atoms with Gasteiger partial charge in [-0.1, -0.05) is 35.4 Å². The Hall–Kier alpha value is -3.15. The zero-order valence-corrected chi connectivity index (χ0v) is 15.9. The first kappa shape index (κ1) is 20.2. The van der Waals surface area contributed by atoms with Gasteiger partial charge in [0.15, 0.2) is 0 Å². The van der Waals surface area contributed by atoms with Crippen molar-refractivity contribution < 1.29 is 14.4 Å². The van der Waals surface area contributed by atoms with Gasteiger partial charge in [-0.05, 0) is 38.1 Å². The van der Waals surface area contributed by atoms with E-state index < -0.39 is 0 Å². The lowest BCUT2D eigenvalue weighted by Gasteiger charge is -2.17. The first-order chi connectivity index (χ1) is 12.8. The van der Waals surface area contributed by atoms with E-state index in [0.29, 0.717) is 11.3 Å². The number of rotatable bonds is 7. The van der Waals surface area contributed by atoms with Crippen LogP contribution in [0.2, 0.25) is 0 Å². The number of aryl methyl sites for hydroxylation is 2. The van der Waals surface area contributed by atoms with Crippen molar-refractivity contribution >= 4 is 23.4 Å². The fourth-order valence-electron chi connectivity index (χ4n) is 2.50. The van der Waals surface area contributed by atoms with Crippen molar-refractivity contribution in [3.8, 4) is 0 Å². The largest absolute Gasteiger partial charge is 0.352 e. The van der Waals surface area contributed by atoms with Crippen LogP contribution in [0.15, 0.2) is 48.5 Å². The molecule has 2 rings (SSSR count). The van der Waals surface area contributed by atoms with Crippen LogP contribution in [0.3, 0.4) is 0 Å². The van der Waals surface area contributed by atoms with Gasteiger partial charge in [0, 0.05) is 31.3 Å². The molecule has 2 aromatic carbocycles. The molecule has 0 aromatic heterocycles. The third-order valence-electron chi connectivity index (χ3n) is 4.05. The summed E-state index contributed by atoms with van der Waals surface area (Å²) in [5.74, 6) is -0.691. The van der Waals surface area contributed by atoms with E-state index in [0.717, 1.165) is 11.1 Å². The van der Waals surface area contributed by atoms with Crippen molar-refractivity contribution in [3.63, 3.8) is 0 Å². The van der Waals surface area contributed by atoms with Crippen molar-refractivity contribution in [1.82, 2.24) is 10.2 Å². The highest BCUT2D eigenvalue weighted by molar-refractivity contribution is 5.95. The monoisotopic (exact) mass is 367 g/mol. The Kier molecular flexibility index (Phi) is 7.11. The summed E-state index contributed by atoms with van der Waals surface area (Å²) in [4.78, 5) is 37.6. The molecular formula is C21H25N3O3. The number of carbonyl (C=O) groups is 3. The SMILES string of the molecule is Cc1ccc(NC(=O)CN(C)C(=O)CCNC(=O)c2cccc(C)c2)cc1. The minimum atomic E-state index is -0.265. The lowest BCUT2D eigenvalue weighted by Crippen LogP contribution is -2.37. The van der Waals surface area contributed by atoms with Crippen LogP contribution < -0.4 is 10.6 Å². The van der Waals surface area contributed by atoms with E-state index in [9.17, 15) is 14.4 Å². The fourth-order valence-corrected chi connectivity index (χ4v) is 2.50. The highest BCUT2D eigenvalue weighted by atomic mass is 16.2. The van der Waals surface area contributed by atoms with E-state index in [1.165, 1.54) is 4.90 Å². The molecule has 0 bridgehead atoms. The molecule has 6 heteroatoms. The Morgan fingerprint density at radius 2 is 1.67 bits per heavy atom. The minimum Gasteiger partial charge on any atom is -0.352 e. The number of hydrogen-bond acceptors (Lipinski definition) is 3. The van der Waals surface area contributed by atoms with E-state index in [1.54, 1.807) is 19.2 Å². The van der Waals surface area contributed by atoms with Crippen molar-refractivity contribution in [3.05, 3.63) is 65.2 Å². The number of likely N-dealkylation sites (N-methyl/N-ethyl adjacent to an activating group) is 1. The molecule has 27 heavy (non-hydrogen) atoms. The van der Waals surface area contributed by atoms with Gasteiger partial charge in [0.1, 0.15) is 0 Å². The molecular weight excluding hydrogens is 342 g/mol. The zero-order chi connectivity index (χ0) is 19.8. The average molecular weight is 367 g/mol. The lowest BCUT2D eigenvalue weighted by molar-refractivity contribution is -0.133. The molecule has 0 unspecified atom stereocenters. The Balaban J connectivity index is 1.74. The Morgan fingerprint density at radius 1 is 0.963 bits per heavy atom. The number of hydrogen-bond donors (Lipinski definition) is 2. The second kappa shape index (κ2) is 9.52. The molecule has 0 radical (unpaired) electrons. The van der Waals surface area contributed by atoms with Crippen molar-refractivity contribution in [2.24, 2.45) is 0 Å². The molecule has 0 fully saturated rings. The van der Waals surface area contributed by atoms with Gasteiger partial charge >= 0.3 is 0 Å². The number of benzene rings is 2. The molecule has 2 aromatic rings. The van der Waals surface area contributed by atoms with E-state index in [1.807, 2.05) is 50.2 Å². The molecule has 0 spiro atoms. The van der Waals surface area contributed by atoms with Crippen LogP contribution in [-0.4, -0.2) is 42.8 Å². The van der Waals surface area contributed by atoms with Gasteiger partial charge in [-0.3, -0.25) is 14.4 Å². The summed E-state index contributed by atoms with van der Waals surface area (Å²) in [7, 11) is 1.57. The number of anilines is 1. The fraction of sp³-hybridized carbons (Fsp3) is 0.286. The first-order valence-corrected chi connectivity index (χ1v) is 8.80. The van der Waals surface area contributed by atoms with Crippen LogP contribution in [-0.2, 0) is 9.59 Å². The second-order valence-corrected chi connectivity index (χ2v) is 6.54. The van der Waals surface area contributed by atoms with E-state index in [-0.39, 0.29) is 37.2 Å². The highest BCUT2D eigenvalue weighted by Crippen LogP contribution is 2.08. The topological polar surface area (TPSA) is 78.5 Å². The summed E-state index contributed by atoms with van der Waals surface area (Å²) in [5.41, 5.74) is 3.36. The summed E-state index contributed by atoms with van der Waals surface area (Å²) >= 11 is 0. The predicted octanol–water partition coefficient (Wildman–Crippen LogP) is 2.52. The quantitative estimate of drug-likeness (QED) is 0.789. The predicted molar refractivity (Wildman–Crippen MR) is 106 cm³/mol.